The highest BCUT2D eigenvalue weighted by atomic mass is 16.3. The fourth-order valence-corrected chi connectivity index (χ4v) is 3.32. The van der Waals surface area contributed by atoms with E-state index in [1.54, 1.807) is 0 Å². The molecule has 1 aromatic carbocycles. The maximum absolute atomic E-state index is 11.1. The van der Waals surface area contributed by atoms with Crippen LogP contribution in [-0.2, 0) is 5.60 Å². The molecule has 0 amide bonds. The quantitative estimate of drug-likeness (QED) is 0.902. The number of likely N-dealkylation sites (tertiary alicyclic amines) is 1. The monoisotopic (exact) mass is 261 g/mol. The molecule has 2 nitrogen and oxygen atoms in total. The normalized spacial score (nSPS) is 32.7. The van der Waals surface area contributed by atoms with Gasteiger partial charge in [0.15, 0.2) is 0 Å². The Morgan fingerprint density at radius 1 is 1.26 bits per heavy atom. The largest absolute Gasteiger partial charge is 0.385 e. The summed E-state index contributed by atoms with van der Waals surface area (Å²) >= 11 is 0. The Morgan fingerprint density at radius 2 is 1.89 bits per heavy atom. The first-order valence-electron chi connectivity index (χ1n) is 7.45. The lowest BCUT2D eigenvalue weighted by Gasteiger charge is -2.47. The lowest BCUT2D eigenvalue weighted by atomic mass is 9.74. The van der Waals surface area contributed by atoms with E-state index in [0.29, 0.717) is 12.0 Å². The van der Waals surface area contributed by atoms with Gasteiger partial charge in [-0.25, -0.2) is 0 Å². The van der Waals surface area contributed by atoms with Crippen LogP contribution in [0.15, 0.2) is 30.3 Å². The van der Waals surface area contributed by atoms with E-state index >= 15 is 0 Å². The molecule has 0 aromatic heterocycles. The average Bonchev–Trinajstić information content (AvgIpc) is 2.36. The van der Waals surface area contributed by atoms with Gasteiger partial charge >= 0.3 is 0 Å². The standard InChI is InChI=1S/C17H27NO/c1-13(2)11-18-12-14(3)17(19,10-15(18)4)16-8-6-5-7-9-16/h5-9,13-15,19H,10-12H2,1-4H3/t14-,15+,17+/m0/s1. The molecule has 1 aliphatic rings. The van der Waals surface area contributed by atoms with Crippen molar-refractivity contribution in [2.24, 2.45) is 11.8 Å². The van der Waals surface area contributed by atoms with Gasteiger partial charge in [0.05, 0.1) is 5.60 Å². The van der Waals surface area contributed by atoms with Crippen LogP contribution in [0.1, 0.15) is 39.7 Å². The molecule has 0 bridgehead atoms. The number of nitrogens with zero attached hydrogens (tertiary/aromatic N) is 1. The predicted octanol–water partition coefficient (Wildman–Crippen LogP) is 3.26. The molecule has 1 aliphatic heterocycles. The molecule has 0 unspecified atom stereocenters. The second-order valence-electron chi connectivity index (χ2n) is 6.59. The van der Waals surface area contributed by atoms with Crippen LogP contribution in [0.2, 0.25) is 0 Å². The molecule has 0 saturated carbocycles. The topological polar surface area (TPSA) is 23.5 Å². The fraction of sp³-hybridized carbons (Fsp3) is 0.647. The summed E-state index contributed by atoms with van der Waals surface area (Å²) in [7, 11) is 0. The minimum absolute atomic E-state index is 0.268. The van der Waals surface area contributed by atoms with Crippen molar-refractivity contribution in [2.75, 3.05) is 13.1 Å². The van der Waals surface area contributed by atoms with Crippen molar-refractivity contribution in [1.29, 1.82) is 0 Å². The van der Waals surface area contributed by atoms with E-state index in [4.69, 9.17) is 0 Å². The van der Waals surface area contributed by atoms with Gasteiger partial charge in [0.1, 0.15) is 0 Å². The maximum atomic E-state index is 11.1. The molecule has 1 N–H and O–H groups in total. The lowest BCUT2D eigenvalue weighted by molar-refractivity contribution is -0.0925. The zero-order chi connectivity index (χ0) is 14.0. The molecule has 1 fully saturated rings. The summed E-state index contributed by atoms with van der Waals surface area (Å²) in [5.41, 5.74) is 0.396. The van der Waals surface area contributed by atoms with Crippen molar-refractivity contribution in [3.8, 4) is 0 Å². The molecule has 19 heavy (non-hydrogen) atoms. The van der Waals surface area contributed by atoms with Crippen LogP contribution in [0.4, 0.5) is 0 Å². The van der Waals surface area contributed by atoms with E-state index in [-0.39, 0.29) is 5.92 Å². The Hall–Kier alpha value is -0.860. The highest BCUT2D eigenvalue weighted by Crippen LogP contribution is 2.39. The number of piperidine rings is 1. The van der Waals surface area contributed by atoms with E-state index in [2.05, 4.69) is 44.7 Å². The molecule has 0 radical (unpaired) electrons. The van der Waals surface area contributed by atoms with Gasteiger partial charge in [-0.2, -0.15) is 0 Å². The van der Waals surface area contributed by atoms with E-state index in [1.165, 1.54) is 0 Å². The number of rotatable bonds is 3. The maximum Gasteiger partial charge on any atom is 0.0948 e. The molecule has 106 valence electrons. The molecule has 1 heterocycles. The first-order valence-corrected chi connectivity index (χ1v) is 7.45. The van der Waals surface area contributed by atoms with Gasteiger partial charge in [-0.3, -0.25) is 4.90 Å². The van der Waals surface area contributed by atoms with Crippen molar-refractivity contribution in [1.82, 2.24) is 4.90 Å². The van der Waals surface area contributed by atoms with E-state index in [9.17, 15) is 5.11 Å². The van der Waals surface area contributed by atoms with Gasteiger partial charge in [-0.1, -0.05) is 51.1 Å². The van der Waals surface area contributed by atoms with Gasteiger partial charge in [-0.05, 0) is 24.8 Å². The second-order valence-corrected chi connectivity index (χ2v) is 6.59. The van der Waals surface area contributed by atoms with Crippen molar-refractivity contribution in [3.63, 3.8) is 0 Å². The molecule has 2 heteroatoms. The zero-order valence-electron chi connectivity index (χ0n) is 12.6. The smallest absolute Gasteiger partial charge is 0.0948 e. The summed E-state index contributed by atoms with van der Waals surface area (Å²) < 4.78 is 0. The SMILES string of the molecule is CC(C)CN1C[C@H](C)[C@@](O)(c2ccccc2)C[C@H]1C. The summed E-state index contributed by atoms with van der Waals surface area (Å²) in [5.74, 6) is 0.947. The van der Waals surface area contributed by atoms with Crippen LogP contribution >= 0.6 is 0 Å². The third-order valence-electron chi connectivity index (χ3n) is 4.43. The van der Waals surface area contributed by atoms with E-state index in [1.807, 2.05) is 18.2 Å². The first-order chi connectivity index (χ1) is 8.93. The van der Waals surface area contributed by atoms with Gasteiger partial charge < -0.3 is 5.11 Å². The van der Waals surface area contributed by atoms with Crippen LogP contribution in [0.5, 0.6) is 0 Å². The Labute approximate surface area is 117 Å². The minimum Gasteiger partial charge on any atom is -0.385 e. The fourth-order valence-electron chi connectivity index (χ4n) is 3.32. The molecule has 0 aliphatic carbocycles. The average molecular weight is 261 g/mol. The van der Waals surface area contributed by atoms with Crippen molar-refractivity contribution < 1.29 is 5.11 Å². The molecule has 1 aromatic rings. The van der Waals surface area contributed by atoms with Gasteiger partial charge in [0.25, 0.3) is 0 Å². The summed E-state index contributed by atoms with van der Waals surface area (Å²) in [6.45, 7) is 11.0. The summed E-state index contributed by atoms with van der Waals surface area (Å²) in [5, 5.41) is 11.1. The molecule has 0 spiro atoms. The Kier molecular flexibility index (Phi) is 4.32. The number of hydrogen-bond donors (Lipinski definition) is 1. The van der Waals surface area contributed by atoms with Crippen LogP contribution in [0.25, 0.3) is 0 Å². The zero-order valence-corrected chi connectivity index (χ0v) is 12.6. The molecular weight excluding hydrogens is 234 g/mol. The molecule has 1 saturated heterocycles. The Morgan fingerprint density at radius 3 is 2.47 bits per heavy atom. The van der Waals surface area contributed by atoms with Crippen molar-refractivity contribution >= 4 is 0 Å². The second kappa shape index (κ2) is 5.64. The number of aliphatic hydroxyl groups is 1. The molecular formula is C17H27NO. The van der Waals surface area contributed by atoms with E-state index in [0.717, 1.165) is 25.1 Å². The van der Waals surface area contributed by atoms with Gasteiger partial charge in [0.2, 0.25) is 0 Å². The highest BCUT2D eigenvalue weighted by molar-refractivity contribution is 5.24. The van der Waals surface area contributed by atoms with Crippen LogP contribution < -0.4 is 0 Å². The van der Waals surface area contributed by atoms with Gasteiger partial charge in [-0.15, -0.1) is 0 Å². The first kappa shape index (κ1) is 14.5. The third kappa shape index (κ3) is 3.01. The Bertz CT molecular complexity index is 403. The predicted molar refractivity (Wildman–Crippen MR) is 80.0 cm³/mol. The highest BCUT2D eigenvalue weighted by Gasteiger charge is 2.43. The molecule has 2 rings (SSSR count). The summed E-state index contributed by atoms with van der Waals surface area (Å²) in [6, 6.07) is 10.6. The van der Waals surface area contributed by atoms with Crippen molar-refractivity contribution in [2.45, 2.75) is 45.8 Å². The van der Waals surface area contributed by atoms with E-state index < -0.39 is 5.60 Å². The summed E-state index contributed by atoms with van der Waals surface area (Å²) in [6.07, 6.45) is 0.824. The lowest BCUT2D eigenvalue weighted by Crippen LogP contribution is -2.53. The van der Waals surface area contributed by atoms with Crippen molar-refractivity contribution in [3.05, 3.63) is 35.9 Å². The van der Waals surface area contributed by atoms with Crippen LogP contribution in [0, 0.1) is 11.8 Å². The number of hydrogen-bond acceptors (Lipinski definition) is 2. The number of benzene rings is 1. The third-order valence-corrected chi connectivity index (χ3v) is 4.43. The minimum atomic E-state index is -0.672. The summed E-state index contributed by atoms with van der Waals surface area (Å²) in [4.78, 5) is 2.52. The Balaban J connectivity index is 2.18. The van der Waals surface area contributed by atoms with Gasteiger partial charge in [0, 0.05) is 25.0 Å². The molecule has 3 atom stereocenters. The van der Waals surface area contributed by atoms with Crippen LogP contribution in [-0.4, -0.2) is 29.1 Å². The van der Waals surface area contributed by atoms with Crippen LogP contribution in [0.3, 0.4) is 0 Å².